The van der Waals surface area contributed by atoms with Gasteiger partial charge in [-0.25, -0.2) is 0 Å². The van der Waals surface area contributed by atoms with Gasteiger partial charge in [-0.15, -0.1) is 0 Å². The molecule has 27 heavy (non-hydrogen) atoms. The Labute approximate surface area is 159 Å². The third-order valence-corrected chi connectivity index (χ3v) is 4.72. The predicted molar refractivity (Wildman–Crippen MR) is 106 cm³/mol. The van der Waals surface area contributed by atoms with E-state index in [-0.39, 0.29) is 11.9 Å². The van der Waals surface area contributed by atoms with Gasteiger partial charge in [0.15, 0.2) is 11.5 Å². The predicted octanol–water partition coefficient (Wildman–Crippen LogP) is 4.50. The van der Waals surface area contributed by atoms with E-state index in [2.05, 4.69) is 10.3 Å². The van der Waals surface area contributed by atoms with Gasteiger partial charge in [0.1, 0.15) is 0 Å². The van der Waals surface area contributed by atoms with Crippen LogP contribution in [-0.2, 0) is 0 Å². The number of methoxy groups -OCH3 is 2. The molecule has 0 radical (unpaired) electrons. The van der Waals surface area contributed by atoms with Gasteiger partial charge < -0.3 is 19.8 Å². The first kappa shape index (κ1) is 18.6. The Kier molecular flexibility index (Phi) is 5.50. The number of H-pyrrole nitrogens is 1. The third kappa shape index (κ3) is 3.82. The van der Waals surface area contributed by atoms with Crippen LogP contribution in [-0.4, -0.2) is 25.1 Å². The molecular weight excluding hydrogens is 340 g/mol. The van der Waals surface area contributed by atoms with Gasteiger partial charge in [-0.1, -0.05) is 18.2 Å². The molecule has 0 aliphatic rings. The second kappa shape index (κ2) is 7.99. The number of benzene rings is 2. The van der Waals surface area contributed by atoms with Crippen LogP contribution in [0.3, 0.4) is 0 Å². The van der Waals surface area contributed by atoms with E-state index in [1.54, 1.807) is 14.2 Å². The van der Waals surface area contributed by atoms with Crippen LogP contribution < -0.4 is 14.8 Å². The number of nitrogens with one attached hydrogen (secondary N) is 2. The van der Waals surface area contributed by atoms with Crippen molar-refractivity contribution in [1.82, 2.24) is 10.3 Å². The van der Waals surface area contributed by atoms with Crippen LogP contribution >= 0.6 is 0 Å². The first-order valence-electron chi connectivity index (χ1n) is 8.81. The smallest absolute Gasteiger partial charge is 0.252 e. The summed E-state index contributed by atoms with van der Waals surface area (Å²) in [5, 5.41) is 3.07. The lowest BCUT2D eigenvalue weighted by atomic mass is 9.99. The van der Waals surface area contributed by atoms with E-state index in [1.807, 2.05) is 68.6 Å². The second-order valence-electron chi connectivity index (χ2n) is 6.37. The molecule has 5 nitrogen and oxygen atoms in total. The van der Waals surface area contributed by atoms with E-state index >= 15 is 0 Å². The Morgan fingerprint density at radius 1 is 1.04 bits per heavy atom. The zero-order valence-corrected chi connectivity index (χ0v) is 16.0. The van der Waals surface area contributed by atoms with E-state index in [0.29, 0.717) is 17.1 Å². The number of ether oxygens (including phenoxy) is 2. The largest absolute Gasteiger partial charge is 0.493 e. The fourth-order valence-corrected chi connectivity index (χ4v) is 3.15. The van der Waals surface area contributed by atoms with Gasteiger partial charge in [0.25, 0.3) is 5.91 Å². The normalized spacial score (nSPS) is 11.7. The fraction of sp³-hybridized carbons (Fsp3) is 0.227. The minimum atomic E-state index is -0.175. The van der Waals surface area contributed by atoms with Gasteiger partial charge in [-0.2, -0.15) is 0 Å². The van der Waals surface area contributed by atoms with Crippen molar-refractivity contribution >= 4 is 5.91 Å². The lowest BCUT2D eigenvalue weighted by Crippen LogP contribution is -2.27. The number of aromatic amines is 1. The number of hydrogen-bond acceptors (Lipinski definition) is 3. The van der Waals surface area contributed by atoms with Gasteiger partial charge in [-0.3, -0.25) is 4.79 Å². The quantitative estimate of drug-likeness (QED) is 0.677. The van der Waals surface area contributed by atoms with E-state index in [0.717, 1.165) is 22.4 Å². The monoisotopic (exact) mass is 364 g/mol. The Hall–Kier alpha value is -3.21. The summed E-state index contributed by atoms with van der Waals surface area (Å²) in [4.78, 5) is 16.1. The number of aromatic nitrogens is 1. The minimum Gasteiger partial charge on any atom is -0.493 e. The first-order valence-corrected chi connectivity index (χ1v) is 8.81. The van der Waals surface area contributed by atoms with Crippen LogP contribution in [0.15, 0.2) is 54.7 Å². The summed E-state index contributed by atoms with van der Waals surface area (Å²) in [7, 11) is 3.20. The molecule has 2 N–H and O–H groups in total. The van der Waals surface area contributed by atoms with Gasteiger partial charge in [0, 0.05) is 23.0 Å². The Balaban J connectivity index is 1.82. The van der Waals surface area contributed by atoms with Gasteiger partial charge >= 0.3 is 0 Å². The number of amides is 1. The Morgan fingerprint density at radius 3 is 2.48 bits per heavy atom. The average Bonchev–Trinajstić information content (AvgIpc) is 3.21. The molecule has 0 fully saturated rings. The highest BCUT2D eigenvalue weighted by molar-refractivity contribution is 5.97. The highest BCUT2D eigenvalue weighted by atomic mass is 16.5. The molecule has 1 aromatic heterocycles. The topological polar surface area (TPSA) is 63.3 Å². The van der Waals surface area contributed by atoms with Crippen molar-refractivity contribution in [3.63, 3.8) is 0 Å². The lowest BCUT2D eigenvalue weighted by molar-refractivity contribution is 0.0939. The first-order chi connectivity index (χ1) is 13.0. The van der Waals surface area contributed by atoms with E-state index in [9.17, 15) is 4.79 Å². The van der Waals surface area contributed by atoms with Crippen LogP contribution in [0.1, 0.15) is 34.5 Å². The molecule has 0 saturated carbocycles. The molecule has 5 heteroatoms. The van der Waals surface area contributed by atoms with Crippen molar-refractivity contribution in [2.45, 2.75) is 19.9 Å². The van der Waals surface area contributed by atoms with Crippen molar-refractivity contribution in [3.05, 3.63) is 71.4 Å². The number of carbonyl (C=O) groups excluding carboxylic acids is 1. The van der Waals surface area contributed by atoms with Crippen LogP contribution in [0.5, 0.6) is 11.5 Å². The molecule has 3 rings (SSSR count). The molecule has 0 aliphatic carbocycles. The molecule has 0 bridgehead atoms. The highest BCUT2D eigenvalue weighted by Crippen LogP contribution is 2.30. The van der Waals surface area contributed by atoms with Crippen molar-refractivity contribution < 1.29 is 14.3 Å². The highest BCUT2D eigenvalue weighted by Gasteiger charge is 2.17. The molecule has 1 amide bonds. The molecule has 0 unspecified atom stereocenters. The summed E-state index contributed by atoms with van der Waals surface area (Å²) in [6.45, 7) is 3.91. The number of hydrogen-bond donors (Lipinski definition) is 2. The van der Waals surface area contributed by atoms with Gasteiger partial charge in [-0.05, 0) is 55.3 Å². The summed E-state index contributed by atoms with van der Waals surface area (Å²) in [6, 6.07) is 15.2. The lowest BCUT2D eigenvalue weighted by Gasteiger charge is -2.18. The molecule has 3 aromatic rings. The summed E-state index contributed by atoms with van der Waals surface area (Å²) in [5.74, 6) is 1.19. The standard InChI is InChI=1S/C22H24N2O3/c1-14-17(19-9-6-12-23-19)7-5-8-18(14)22(25)24-15(2)16-10-11-20(26-3)21(13-16)27-4/h5-13,15,23H,1-4H3,(H,24,25)/t15-/m1/s1. The molecule has 0 aliphatic heterocycles. The average molecular weight is 364 g/mol. The Morgan fingerprint density at radius 2 is 1.81 bits per heavy atom. The minimum absolute atomic E-state index is 0.108. The second-order valence-corrected chi connectivity index (χ2v) is 6.37. The molecule has 0 saturated heterocycles. The number of carbonyl (C=O) groups is 1. The molecule has 1 atom stereocenters. The van der Waals surface area contributed by atoms with E-state index in [1.165, 1.54) is 0 Å². The van der Waals surface area contributed by atoms with Crippen LogP contribution in [0.4, 0.5) is 0 Å². The zero-order valence-electron chi connectivity index (χ0n) is 16.0. The molecule has 0 spiro atoms. The van der Waals surface area contributed by atoms with Crippen molar-refractivity contribution in [2.75, 3.05) is 14.2 Å². The summed E-state index contributed by atoms with van der Waals surface area (Å²) < 4.78 is 10.6. The third-order valence-electron chi connectivity index (χ3n) is 4.72. The maximum absolute atomic E-state index is 12.9. The number of rotatable bonds is 6. The van der Waals surface area contributed by atoms with Crippen molar-refractivity contribution in [2.24, 2.45) is 0 Å². The van der Waals surface area contributed by atoms with Crippen LogP contribution in [0.25, 0.3) is 11.3 Å². The van der Waals surface area contributed by atoms with Crippen LogP contribution in [0, 0.1) is 6.92 Å². The Bertz CT molecular complexity index is 933. The van der Waals surface area contributed by atoms with Gasteiger partial charge in [0.05, 0.1) is 20.3 Å². The SMILES string of the molecule is COc1ccc([C@@H](C)NC(=O)c2cccc(-c3ccc[nH]3)c2C)cc1OC. The summed E-state index contributed by atoms with van der Waals surface area (Å²) >= 11 is 0. The van der Waals surface area contributed by atoms with Crippen LogP contribution in [0.2, 0.25) is 0 Å². The molecule has 1 heterocycles. The van der Waals surface area contributed by atoms with Gasteiger partial charge in [0.2, 0.25) is 0 Å². The van der Waals surface area contributed by atoms with E-state index < -0.39 is 0 Å². The molecule has 140 valence electrons. The van der Waals surface area contributed by atoms with E-state index in [4.69, 9.17) is 9.47 Å². The maximum atomic E-state index is 12.9. The summed E-state index contributed by atoms with van der Waals surface area (Å²) in [6.07, 6.45) is 1.88. The van der Waals surface area contributed by atoms with Crippen molar-refractivity contribution in [3.8, 4) is 22.8 Å². The fourth-order valence-electron chi connectivity index (χ4n) is 3.15. The van der Waals surface area contributed by atoms with Crippen molar-refractivity contribution in [1.29, 1.82) is 0 Å². The zero-order chi connectivity index (χ0) is 19.4. The molecule has 2 aromatic carbocycles. The summed E-state index contributed by atoms with van der Waals surface area (Å²) in [5.41, 5.74) is 4.56. The maximum Gasteiger partial charge on any atom is 0.252 e. The molecular formula is C22H24N2O3.